The van der Waals surface area contributed by atoms with Crippen molar-refractivity contribution in [1.82, 2.24) is 29.1 Å². The first kappa shape index (κ1) is 54.4. The van der Waals surface area contributed by atoms with Crippen LogP contribution in [0, 0.1) is 0 Å². The molecule has 36 heteroatoms. The molecule has 55 heavy (non-hydrogen) atoms. The molecule has 5 rings (SSSR count). The van der Waals surface area contributed by atoms with Crippen molar-refractivity contribution in [1.29, 1.82) is 0 Å². The number of nitrogen functional groups attached to an aromatic ring is 2. The van der Waals surface area contributed by atoms with Crippen LogP contribution in [0.25, 0.3) is 11.2 Å². The molecule has 2 saturated heterocycles. The Hall–Kier alpha value is 1.35. The number of phosphoric ester groups is 2. The fourth-order valence-electron chi connectivity index (χ4n) is 4.64. The first-order valence-electron chi connectivity index (χ1n) is 13.6. The predicted octanol–water partition coefficient (Wildman–Crippen LogP) is -17.5. The van der Waals surface area contributed by atoms with Gasteiger partial charge in [-0.1, -0.05) is 0 Å². The molecule has 0 aliphatic carbocycles. The molecule has 0 bridgehead atoms. The van der Waals surface area contributed by atoms with Crippen molar-refractivity contribution in [2.45, 2.75) is 49.1 Å². The maximum atomic E-state index is 12.2. The predicted molar refractivity (Wildman–Crippen MR) is 150 cm³/mol. The van der Waals surface area contributed by atoms with Crippen LogP contribution in [0.1, 0.15) is 12.5 Å². The maximum Gasteiger partial charge on any atom is 1.00 e. The smallest absolute Gasteiger partial charge is 0.756 e. The number of fused-ring (bicyclic) bond motifs is 1. The summed E-state index contributed by atoms with van der Waals surface area (Å²) in [5.41, 5.74) is 10.2. The average molecular weight is 900 g/mol. The molecule has 0 aromatic carbocycles. The molecule has 284 valence electrons. The number of nitrogens with zero attached hydrogens (tertiary/aromatic N) is 6. The van der Waals surface area contributed by atoms with Gasteiger partial charge >= 0.3 is 124 Å². The van der Waals surface area contributed by atoms with Crippen molar-refractivity contribution in [2.75, 3.05) is 24.7 Å². The van der Waals surface area contributed by atoms with Gasteiger partial charge in [0, 0.05) is 6.20 Å². The van der Waals surface area contributed by atoms with E-state index in [1.807, 2.05) is 0 Å². The first-order chi connectivity index (χ1) is 23.6. The number of rotatable bonds is 14. The normalized spacial score (nSPS) is 29.2. The van der Waals surface area contributed by atoms with Crippen molar-refractivity contribution in [3.8, 4) is 0 Å². The van der Waals surface area contributed by atoms with Gasteiger partial charge in [-0.25, -0.2) is 32.7 Å². The van der Waals surface area contributed by atoms with Gasteiger partial charge in [-0.15, -0.1) is 0 Å². The summed E-state index contributed by atoms with van der Waals surface area (Å²) in [6, 6.07) is 1.13. The third kappa shape index (κ3) is 13.7. The first-order valence-corrected chi connectivity index (χ1v) is 19.4. The Balaban J connectivity index is 0.00000378. The molecule has 0 radical (unpaired) electrons. The van der Waals surface area contributed by atoms with Crippen molar-refractivity contribution in [3.63, 3.8) is 0 Å². The Kier molecular flexibility index (Phi) is 21.2. The number of nitrogens with two attached hydrogens (primary N) is 2. The van der Waals surface area contributed by atoms with E-state index >= 15 is 0 Å². The van der Waals surface area contributed by atoms with E-state index in [1.54, 1.807) is 0 Å². The number of hydrogen-bond donors (Lipinski definition) is 6. The van der Waals surface area contributed by atoms with E-state index in [0.717, 1.165) is 29.5 Å². The summed E-state index contributed by atoms with van der Waals surface area (Å²) >= 11 is 0. The molecule has 2 fully saturated rings. The average Bonchev–Trinajstić information content (AvgIpc) is 3.64. The van der Waals surface area contributed by atoms with E-state index in [9.17, 15) is 63.1 Å². The number of aliphatic hydroxyl groups excluding tert-OH is 4. The summed E-state index contributed by atoms with van der Waals surface area (Å²) in [6.45, 7) is -2.52. The Bertz CT molecular complexity index is 2040. The largest absolute Gasteiger partial charge is 1.00 e. The molecule has 0 spiro atoms. The molecule has 2 aliphatic rings. The number of hydrogen-bond acceptors (Lipinski definition) is 26. The molecule has 5 heterocycles. The zero-order chi connectivity index (χ0) is 37.7. The van der Waals surface area contributed by atoms with Gasteiger partial charge in [0.1, 0.15) is 54.3 Å². The number of aliphatic hydroxyl groups is 4. The van der Waals surface area contributed by atoms with Gasteiger partial charge in [0.15, 0.2) is 23.9 Å². The van der Waals surface area contributed by atoms with Gasteiger partial charge in [-0.2, -0.15) is 4.98 Å². The molecule has 8 N–H and O–H groups in total. The van der Waals surface area contributed by atoms with Gasteiger partial charge in [-0.3, -0.25) is 27.4 Å². The maximum absolute atomic E-state index is 12.2. The van der Waals surface area contributed by atoms with Gasteiger partial charge in [0.2, 0.25) is 0 Å². The monoisotopic (exact) mass is 900 g/mol. The third-order valence-electron chi connectivity index (χ3n) is 6.86. The zero-order valence-electron chi connectivity index (χ0n) is 28.8. The van der Waals surface area contributed by atoms with Gasteiger partial charge in [0.25, 0.3) is 31.3 Å². The van der Waals surface area contributed by atoms with Crippen molar-refractivity contribution < 1.29 is 208 Å². The van der Waals surface area contributed by atoms with E-state index in [0.29, 0.717) is 4.57 Å². The summed E-state index contributed by atoms with van der Waals surface area (Å²) in [5.74, 6) is -0.242. The third-order valence-corrected chi connectivity index (χ3v) is 12.6. The van der Waals surface area contributed by atoms with Gasteiger partial charge < -0.3 is 70.0 Å². The number of anilines is 2. The summed E-state index contributed by atoms with van der Waals surface area (Å²) in [4.78, 5) is 75.4. The van der Waals surface area contributed by atoms with Crippen molar-refractivity contribution in [2.24, 2.45) is 0 Å². The van der Waals surface area contributed by atoms with Crippen LogP contribution < -0.4 is 155 Å². The number of imidazole rings is 1. The van der Waals surface area contributed by atoms with E-state index in [2.05, 4.69) is 41.9 Å². The second-order valence-electron chi connectivity index (χ2n) is 10.3. The molecular formula is C19H24N8Na4O20P4. The minimum atomic E-state index is -6.61. The Morgan fingerprint density at radius 3 is 1.64 bits per heavy atom. The van der Waals surface area contributed by atoms with Gasteiger partial charge in [-0.05, 0) is 6.07 Å². The van der Waals surface area contributed by atoms with Crippen LogP contribution in [0.4, 0.5) is 11.6 Å². The summed E-state index contributed by atoms with van der Waals surface area (Å²) in [7, 11) is -25.5. The van der Waals surface area contributed by atoms with Crippen LogP contribution in [-0.4, -0.2) is 99.3 Å². The summed E-state index contributed by atoms with van der Waals surface area (Å²) in [6.07, 6.45) is -10.8. The molecule has 6 unspecified atom stereocenters. The summed E-state index contributed by atoms with van der Waals surface area (Å²) < 4.78 is 80.0. The van der Waals surface area contributed by atoms with Crippen molar-refractivity contribution in [3.05, 3.63) is 35.4 Å². The number of phosphoric acid groups is 4. The molecule has 12 atom stereocenters. The second kappa shape index (κ2) is 21.4. The van der Waals surface area contributed by atoms with Crippen LogP contribution >= 0.6 is 31.3 Å². The van der Waals surface area contributed by atoms with E-state index < -0.39 is 99.3 Å². The minimum Gasteiger partial charge on any atom is -0.756 e. The molecular weight excluding hydrogens is 876 g/mol. The fourth-order valence-corrected chi connectivity index (χ4v) is 9.39. The SMILES string of the molecule is Nc1ccn([C@@H]2O[C@H](COP(=O)([O-])OP(=O)([O-])OP(=O)([O-])OP(=O)([O-])OC[C@H]3O[C@@H](n4cnc5c(N)ncnc54)[C@@H](O)C3O)[C@H](O)C2O)c(=O)n1.[Na+].[Na+].[Na+].[Na+]. The standard InChI is InChI=1S/C19H28N8O20P4.4Na/c20-9-1-2-26(19(32)25-9)17-13(30)11(28)7(43-17)3-41-48(33,34)45-50(37,38)47-51(39,40)46-49(35,36)42-4-8-12(29)14(31)18(44-8)27-6-24-10-15(21)22-5-23-16(10)27;;;;/h1-2,5-8,11-14,17-18,28-31H,3-4H2,(H,33,34)(H,35,36)(H,37,38)(H,39,40)(H2,20,25,32)(H2,21,22,23);;;;/q;4*+1/p-4/t7-,8-,11+,12?,13?,14+,17-,18-;;;;/m1..../s1. The molecule has 0 amide bonds. The van der Waals surface area contributed by atoms with Crippen LogP contribution in [0.2, 0.25) is 0 Å². The van der Waals surface area contributed by atoms with Crippen LogP contribution in [0.3, 0.4) is 0 Å². The molecule has 3 aromatic rings. The van der Waals surface area contributed by atoms with Gasteiger partial charge in [0.05, 0.1) is 19.5 Å². The van der Waals surface area contributed by atoms with Crippen LogP contribution in [0.5, 0.6) is 0 Å². The van der Waals surface area contributed by atoms with Crippen LogP contribution in [0.15, 0.2) is 29.7 Å². The topological polar surface area (TPSA) is 437 Å². The van der Waals surface area contributed by atoms with Crippen LogP contribution in [-0.2, 0) is 49.7 Å². The second-order valence-corrected chi connectivity index (χ2v) is 16.4. The Morgan fingerprint density at radius 1 is 0.709 bits per heavy atom. The molecule has 2 aliphatic heterocycles. The Labute approximate surface area is 395 Å². The number of ether oxygens (including phenoxy) is 2. The fraction of sp³-hybridized carbons (Fsp3) is 0.526. The minimum absolute atomic E-state index is 0. The van der Waals surface area contributed by atoms with E-state index in [4.69, 9.17) is 20.9 Å². The van der Waals surface area contributed by atoms with E-state index in [1.165, 1.54) is 0 Å². The van der Waals surface area contributed by atoms with Crippen molar-refractivity contribution >= 4 is 54.1 Å². The zero-order valence-corrected chi connectivity index (χ0v) is 40.4. The molecule has 3 aromatic heterocycles. The van der Waals surface area contributed by atoms with E-state index in [-0.39, 0.29) is 141 Å². The quantitative estimate of drug-likeness (QED) is 0.0646. The molecule has 0 saturated carbocycles. The molecule has 28 nitrogen and oxygen atoms in total. The summed E-state index contributed by atoms with van der Waals surface area (Å²) in [5, 5.41) is 41.1. The Morgan fingerprint density at radius 2 is 1.16 bits per heavy atom. The number of aromatic nitrogens is 6.